The zero-order valence-electron chi connectivity index (χ0n) is 9.37. The maximum Gasteiger partial charge on any atom is 0.148 e. The van der Waals surface area contributed by atoms with Crippen molar-refractivity contribution in [3.05, 3.63) is 42.6 Å². The van der Waals surface area contributed by atoms with Crippen LogP contribution >= 0.6 is 0 Å². The molecule has 1 aliphatic rings. The Morgan fingerprint density at radius 1 is 1.29 bits per heavy atom. The van der Waals surface area contributed by atoms with Crippen molar-refractivity contribution in [3.8, 4) is 5.82 Å². The van der Waals surface area contributed by atoms with E-state index in [1.807, 2.05) is 22.9 Å². The van der Waals surface area contributed by atoms with Crippen LogP contribution < -0.4 is 5.32 Å². The molecule has 0 bridgehead atoms. The number of imidazole rings is 1. The molecule has 0 amide bonds. The Labute approximate surface area is 99.2 Å². The second kappa shape index (κ2) is 4.37. The van der Waals surface area contributed by atoms with Crippen molar-refractivity contribution in [1.29, 1.82) is 0 Å². The molecule has 0 aliphatic carbocycles. The van der Waals surface area contributed by atoms with Crippen molar-refractivity contribution in [1.82, 2.24) is 19.9 Å². The molecule has 0 radical (unpaired) electrons. The van der Waals surface area contributed by atoms with Gasteiger partial charge in [-0.2, -0.15) is 0 Å². The van der Waals surface area contributed by atoms with E-state index in [1.165, 1.54) is 0 Å². The van der Waals surface area contributed by atoms with Gasteiger partial charge in [0.1, 0.15) is 18.0 Å². The first-order valence-corrected chi connectivity index (χ1v) is 5.67. The molecule has 0 spiro atoms. The lowest BCUT2D eigenvalue weighted by Gasteiger charge is -2.16. The molecule has 2 aromatic heterocycles. The number of rotatable bonds is 2. The van der Waals surface area contributed by atoms with Crippen molar-refractivity contribution >= 4 is 5.84 Å². The average molecular weight is 227 g/mol. The summed E-state index contributed by atoms with van der Waals surface area (Å²) in [6.45, 7) is 1.84. The first-order chi connectivity index (χ1) is 8.45. The molecule has 0 atom stereocenters. The van der Waals surface area contributed by atoms with E-state index in [4.69, 9.17) is 0 Å². The summed E-state index contributed by atoms with van der Waals surface area (Å²) < 4.78 is 1.90. The SMILES string of the molecule is c1cnc(-n2ccnc2)c(C2=NCCCN2)c1. The Hall–Kier alpha value is -2.17. The zero-order chi connectivity index (χ0) is 11.5. The number of aromatic nitrogens is 3. The van der Waals surface area contributed by atoms with Gasteiger partial charge < -0.3 is 5.32 Å². The Balaban J connectivity index is 2.07. The van der Waals surface area contributed by atoms with Crippen molar-refractivity contribution in [2.45, 2.75) is 6.42 Å². The van der Waals surface area contributed by atoms with Gasteiger partial charge >= 0.3 is 0 Å². The van der Waals surface area contributed by atoms with Crippen molar-refractivity contribution in [3.63, 3.8) is 0 Å². The lowest BCUT2D eigenvalue weighted by atomic mass is 10.2. The van der Waals surface area contributed by atoms with Crippen LogP contribution in [0.1, 0.15) is 12.0 Å². The molecule has 3 rings (SSSR count). The standard InChI is InChI=1S/C12H13N5/c1-3-10(11-14-5-2-6-15-11)12(16-4-1)17-8-7-13-9-17/h1,3-4,7-9H,2,5-6H2,(H,14,15). The van der Waals surface area contributed by atoms with Crippen molar-refractivity contribution in [2.24, 2.45) is 4.99 Å². The van der Waals surface area contributed by atoms with Crippen LogP contribution in [0.3, 0.4) is 0 Å². The van der Waals surface area contributed by atoms with Crippen LogP contribution in [-0.2, 0) is 0 Å². The molecule has 0 aromatic carbocycles. The summed E-state index contributed by atoms with van der Waals surface area (Å²) in [4.78, 5) is 12.9. The molecule has 1 aliphatic heterocycles. The number of hydrogen-bond acceptors (Lipinski definition) is 4. The fraction of sp³-hybridized carbons (Fsp3) is 0.250. The van der Waals surface area contributed by atoms with Crippen LogP contribution in [0.5, 0.6) is 0 Å². The largest absolute Gasteiger partial charge is 0.370 e. The van der Waals surface area contributed by atoms with Gasteiger partial charge in [0.15, 0.2) is 0 Å². The van der Waals surface area contributed by atoms with Crippen molar-refractivity contribution in [2.75, 3.05) is 13.1 Å². The van der Waals surface area contributed by atoms with E-state index >= 15 is 0 Å². The molecule has 0 fully saturated rings. The maximum atomic E-state index is 4.50. The third-order valence-electron chi connectivity index (χ3n) is 2.69. The summed E-state index contributed by atoms with van der Waals surface area (Å²) in [6, 6.07) is 3.95. The summed E-state index contributed by atoms with van der Waals surface area (Å²) in [5.74, 6) is 1.78. The zero-order valence-corrected chi connectivity index (χ0v) is 9.37. The van der Waals surface area contributed by atoms with E-state index in [0.717, 1.165) is 36.7 Å². The number of hydrogen-bond donors (Lipinski definition) is 1. The average Bonchev–Trinajstić information content (AvgIpc) is 2.94. The van der Waals surface area contributed by atoms with Gasteiger partial charge in [0.05, 0.1) is 5.56 Å². The van der Waals surface area contributed by atoms with Crippen LogP contribution in [0.25, 0.3) is 5.82 Å². The summed E-state index contributed by atoms with van der Waals surface area (Å²) >= 11 is 0. The van der Waals surface area contributed by atoms with Crippen LogP contribution in [0.15, 0.2) is 42.0 Å². The number of amidine groups is 1. The minimum atomic E-state index is 0.859. The Kier molecular flexibility index (Phi) is 2.57. The molecule has 86 valence electrons. The van der Waals surface area contributed by atoms with E-state index in [0.29, 0.717) is 0 Å². The first kappa shape index (κ1) is 10.0. The van der Waals surface area contributed by atoms with Gasteiger partial charge in [-0.05, 0) is 18.6 Å². The van der Waals surface area contributed by atoms with Crippen LogP contribution in [-0.4, -0.2) is 33.5 Å². The molecule has 0 saturated heterocycles. The van der Waals surface area contributed by atoms with E-state index in [-0.39, 0.29) is 0 Å². The van der Waals surface area contributed by atoms with E-state index in [2.05, 4.69) is 20.3 Å². The van der Waals surface area contributed by atoms with E-state index in [1.54, 1.807) is 18.7 Å². The van der Waals surface area contributed by atoms with Gasteiger partial charge in [-0.1, -0.05) is 0 Å². The second-order valence-electron chi connectivity index (χ2n) is 3.86. The van der Waals surface area contributed by atoms with Gasteiger partial charge in [-0.3, -0.25) is 9.56 Å². The molecule has 1 N–H and O–H groups in total. The normalized spacial score (nSPS) is 15.2. The van der Waals surface area contributed by atoms with Crippen molar-refractivity contribution < 1.29 is 0 Å². The number of nitrogens with one attached hydrogen (secondary N) is 1. The second-order valence-corrected chi connectivity index (χ2v) is 3.86. The van der Waals surface area contributed by atoms with Crippen LogP contribution in [0.4, 0.5) is 0 Å². The Bertz CT molecular complexity index is 530. The predicted molar refractivity (Wildman–Crippen MR) is 65.4 cm³/mol. The summed E-state index contributed by atoms with van der Waals surface area (Å²) in [5, 5.41) is 3.31. The molecular formula is C12H13N5. The quantitative estimate of drug-likeness (QED) is 0.833. The molecule has 3 heterocycles. The number of aliphatic imine (C=N–C) groups is 1. The third kappa shape index (κ3) is 1.91. The molecule has 2 aromatic rings. The monoisotopic (exact) mass is 227 g/mol. The van der Waals surface area contributed by atoms with Crippen LogP contribution in [0, 0.1) is 0 Å². The van der Waals surface area contributed by atoms with Gasteiger partial charge in [-0.25, -0.2) is 9.97 Å². The Morgan fingerprint density at radius 3 is 3.06 bits per heavy atom. The molecule has 0 saturated carbocycles. The van der Waals surface area contributed by atoms with E-state index < -0.39 is 0 Å². The van der Waals surface area contributed by atoms with Gasteiger partial charge in [-0.15, -0.1) is 0 Å². The topological polar surface area (TPSA) is 55.1 Å². The van der Waals surface area contributed by atoms with Crippen LogP contribution in [0.2, 0.25) is 0 Å². The molecule has 5 heteroatoms. The highest BCUT2D eigenvalue weighted by molar-refractivity contribution is 6.01. The van der Waals surface area contributed by atoms with E-state index in [9.17, 15) is 0 Å². The highest BCUT2D eigenvalue weighted by atomic mass is 15.1. The number of nitrogens with zero attached hydrogens (tertiary/aromatic N) is 4. The fourth-order valence-corrected chi connectivity index (χ4v) is 1.88. The lowest BCUT2D eigenvalue weighted by Crippen LogP contribution is -2.31. The summed E-state index contributed by atoms with van der Waals surface area (Å²) in [5.41, 5.74) is 1.02. The minimum absolute atomic E-state index is 0.859. The first-order valence-electron chi connectivity index (χ1n) is 5.67. The van der Waals surface area contributed by atoms with Gasteiger partial charge in [0.25, 0.3) is 0 Å². The number of pyridine rings is 1. The molecule has 17 heavy (non-hydrogen) atoms. The molecule has 0 unspecified atom stereocenters. The summed E-state index contributed by atoms with van der Waals surface area (Å²) in [6.07, 6.45) is 8.24. The molecular weight excluding hydrogens is 214 g/mol. The lowest BCUT2D eigenvalue weighted by molar-refractivity contribution is 0.741. The predicted octanol–water partition coefficient (Wildman–Crippen LogP) is 1.01. The van der Waals surface area contributed by atoms with Gasteiger partial charge in [0.2, 0.25) is 0 Å². The third-order valence-corrected chi connectivity index (χ3v) is 2.69. The van der Waals surface area contributed by atoms with Gasteiger partial charge in [0, 0.05) is 31.7 Å². The maximum absolute atomic E-state index is 4.50. The summed E-state index contributed by atoms with van der Waals surface area (Å²) in [7, 11) is 0. The molecule has 5 nitrogen and oxygen atoms in total. The highest BCUT2D eigenvalue weighted by Crippen LogP contribution is 2.12. The highest BCUT2D eigenvalue weighted by Gasteiger charge is 2.13. The smallest absolute Gasteiger partial charge is 0.148 e. The Morgan fingerprint density at radius 2 is 2.29 bits per heavy atom. The fourth-order valence-electron chi connectivity index (χ4n) is 1.88. The minimum Gasteiger partial charge on any atom is -0.370 e.